The van der Waals surface area contributed by atoms with Crippen LogP contribution < -0.4 is 5.32 Å². The van der Waals surface area contributed by atoms with Crippen molar-refractivity contribution >= 4 is 5.69 Å². The first kappa shape index (κ1) is 12.2. The van der Waals surface area contributed by atoms with Crippen molar-refractivity contribution in [3.05, 3.63) is 89.5 Å². The van der Waals surface area contributed by atoms with Crippen LogP contribution in [0, 0.1) is 6.92 Å². The molecule has 1 N–H and O–H groups in total. The molecule has 3 aromatic carbocycles. The molecule has 102 valence electrons. The molecule has 0 aromatic heterocycles. The summed E-state index contributed by atoms with van der Waals surface area (Å²) in [6.07, 6.45) is 0. The molecule has 0 heterocycles. The Morgan fingerprint density at radius 1 is 0.714 bits per heavy atom. The van der Waals surface area contributed by atoms with Crippen LogP contribution in [-0.4, -0.2) is 0 Å². The van der Waals surface area contributed by atoms with E-state index in [0.717, 1.165) is 0 Å². The van der Waals surface area contributed by atoms with Crippen molar-refractivity contribution in [2.24, 2.45) is 0 Å². The summed E-state index contributed by atoms with van der Waals surface area (Å²) in [5.41, 5.74) is 7.86. The quantitative estimate of drug-likeness (QED) is 0.677. The van der Waals surface area contributed by atoms with Crippen LogP contribution in [0.25, 0.3) is 11.1 Å². The first-order chi connectivity index (χ1) is 10.3. The highest BCUT2D eigenvalue weighted by Crippen LogP contribution is 2.44. The summed E-state index contributed by atoms with van der Waals surface area (Å²) in [6, 6.07) is 26.1. The molecule has 0 spiro atoms. The van der Waals surface area contributed by atoms with Crippen LogP contribution >= 0.6 is 0 Å². The van der Waals surface area contributed by atoms with Gasteiger partial charge in [-0.3, -0.25) is 0 Å². The largest absolute Gasteiger partial charge is 0.374 e. The molecular weight excluding hydrogens is 254 g/mol. The summed E-state index contributed by atoms with van der Waals surface area (Å²) >= 11 is 0. The summed E-state index contributed by atoms with van der Waals surface area (Å²) in [4.78, 5) is 0. The molecule has 0 bridgehead atoms. The topological polar surface area (TPSA) is 12.0 Å². The third-order valence-electron chi connectivity index (χ3n) is 4.16. The van der Waals surface area contributed by atoms with Crippen LogP contribution in [0.3, 0.4) is 0 Å². The highest BCUT2D eigenvalue weighted by atomic mass is 14.9. The lowest BCUT2D eigenvalue weighted by molar-refractivity contribution is 0.973. The smallest absolute Gasteiger partial charge is 0.0779 e. The van der Waals surface area contributed by atoms with Crippen molar-refractivity contribution < 1.29 is 0 Å². The van der Waals surface area contributed by atoms with E-state index >= 15 is 0 Å². The minimum atomic E-state index is 0.235. The lowest BCUT2D eigenvalue weighted by atomic mass is 10.0. The minimum Gasteiger partial charge on any atom is -0.374 e. The lowest BCUT2D eigenvalue weighted by Crippen LogP contribution is -2.09. The number of hydrogen-bond donors (Lipinski definition) is 1. The van der Waals surface area contributed by atoms with Gasteiger partial charge in [0.15, 0.2) is 0 Å². The Labute approximate surface area is 125 Å². The lowest BCUT2D eigenvalue weighted by Gasteiger charge is -2.17. The third kappa shape index (κ3) is 2.02. The van der Waals surface area contributed by atoms with E-state index in [1.165, 1.54) is 33.5 Å². The first-order valence-corrected chi connectivity index (χ1v) is 7.34. The number of benzene rings is 3. The molecule has 3 aromatic rings. The second-order valence-electron chi connectivity index (χ2n) is 5.62. The van der Waals surface area contributed by atoms with Crippen LogP contribution in [0.1, 0.15) is 22.7 Å². The van der Waals surface area contributed by atoms with E-state index < -0.39 is 0 Å². The van der Waals surface area contributed by atoms with E-state index in [0.29, 0.717) is 0 Å². The number of nitrogens with one attached hydrogen (secondary N) is 1. The van der Waals surface area contributed by atoms with E-state index in [9.17, 15) is 0 Å². The highest BCUT2D eigenvalue weighted by Gasteiger charge is 2.27. The monoisotopic (exact) mass is 271 g/mol. The zero-order chi connectivity index (χ0) is 14.2. The normalized spacial score (nSPS) is 12.8. The zero-order valence-electron chi connectivity index (χ0n) is 12.0. The highest BCUT2D eigenvalue weighted by molar-refractivity contribution is 5.80. The molecule has 0 atom stereocenters. The Morgan fingerprint density at radius 2 is 1.33 bits per heavy atom. The molecule has 21 heavy (non-hydrogen) atoms. The van der Waals surface area contributed by atoms with Gasteiger partial charge in [0, 0.05) is 5.69 Å². The van der Waals surface area contributed by atoms with Crippen LogP contribution in [0.2, 0.25) is 0 Å². The molecule has 0 radical (unpaired) electrons. The Kier molecular flexibility index (Phi) is 2.78. The number of anilines is 1. The van der Waals surface area contributed by atoms with Crippen LogP contribution in [0.15, 0.2) is 72.8 Å². The van der Waals surface area contributed by atoms with Gasteiger partial charge in [0.2, 0.25) is 0 Å². The summed E-state index contributed by atoms with van der Waals surface area (Å²) in [7, 11) is 0. The van der Waals surface area contributed by atoms with Crippen molar-refractivity contribution in [1.29, 1.82) is 0 Å². The molecule has 0 saturated heterocycles. The maximum Gasteiger partial charge on any atom is 0.0779 e. The van der Waals surface area contributed by atoms with Crippen molar-refractivity contribution in [2.45, 2.75) is 13.0 Å². The number of rotatable bonds is 2. The predicted molar refractivity (Wildman–Crippen MR) is 88.5 cm³/mol. The van der Waals surface area contributed by atoms with Crippen LogP contribution in [0.5, 0.6) is 0 Å². The SMILES string of the molecule is Cc1cccc(NC2c3ccccc3-c3ccccc32)c1. The van der Waals surface area contributed by atoms with E-state index in [-0.39, 0.29) is 6.04 Å². The van der Waals surface area contributed by atoms with Crippen molar-refractivity contribution in [3.63, 3.8) is 0 Å². The molecule has 1 aliphatic rings. The van der Waals surface area contributed by atoms with Gasteiger partial charge in [-0.1, -0.05) is 60.7 Å². The van der Waals surface area contributed by atoms with E-state index in [1.54, 1.807) is 0 Å². The van der Waals surface area contributed by atoms with Gasteiger partial charge in [0.25, 0.3) is 0 Å². The Bertz CT molecular complexity index is 759. The standard InChI is InChI=1S/C20H17N/c1-14-7-6-8-15(13-14)21-20-18-11-4-2-9-16(18)17-10-3-5-12-19(17)20/h2-13,20-21H,1H3. The van der Waals surface area contributed by atoms with Gasteiger partial charge in [-0.15, -0.1) is 0 Å². The van der Waals surface area contributed by atoms with Crippen molar-refractivity contribution in [2.75, 3.05) is 5.32 Å². The second-order valence-corrected chi connectivity index (χ2v) is 5.62. The maximum absolute atomic E-state index is 3.69. The molecular formula is C20H17N. The zero-order valence-corrected chi connectivity index (χ0v) is 12.0. The summed E-state index contributed by atoms with van der Waals surface area (Å²) in [6.45, 7) is 2.13. The van der Waals surface area contributed by atoms with Gasteiger partial charge in [-0.05, 0) is 46.9 Å². The Balaban J connectivity index is 1.82. The van der Waals surface area contributed by atoms with Gasteiger partial charge < -0.3 is 5.32 Å². The Morgan fingerprint density at radius 3 is 1.95 bits per heavy atom. The van der Waals surface area contributed by atoms with Gasteiger partial charge in [0.05, 0.1) is 6.04 Å². The van der Waals surface area contributed by atoms with Gasteiger partial charge in [-0.2, -0.15) is 0 Å². The second kappa shape index (κ2) is 4.78. The fourth-order valence-corrected chi connectivity index (χ4v) is 3.21. The number of aryl methyl sites for hydroxylation is 1. The van der Waals surface area contributed by atoms with Crippen molar-refractivity contribution in [1.82, 2.24) is 0 Å². The third-order valence-corrected chi connectivity index (χ3v) is 4.16. The molecule has 0 fully saturated rings. The van der Waals surface area contributed by atoms with Gasteiger partial charge >= 0.3 is 0 Å². The summed E-state index contributed by atoms with van der Waals surface area (Å²) in [5.74, 6) is 0. The predicted octanol–water partition coefficient (Wildman–Crippen LogP) is 5.18. The van der Waals surface area contributed by atoms with E-state index in [2.05, 4.69) is 85.0 Å². The first-order valence-electron chi connectivity index (χ1n) is 7.34. The molecule has 0 saturated carbocycles. The number of fused-ring (bicyclic) bond motifs is 3. The minimum absolute atomic E-state index is 0.235. The van der Waals surface area contributed by atoms with Gasteiger partial charge in [0.1, 0.15) is 0 Å². The van der Waals surface area contributed by atoms with Crippen molar-refractivity contribution in [3.8, 4) is 11.1 Å². The molecule has 4 rings (SSSR count). The fraction of sp³-hybridized carbons (Fsp3) is 0.100. The number of hydrogen-bond acceptors (Lipinski definition) is 1. The average molecular weight is 271 g/mol. The summed E-state index contributed by atoms with van der Waals surface area (Å²) in [5, 5.41) is 3.69. The van der Waals surface area contributed by atoms with Crippen LogP contribution in [0.4, 0.5) is 5.69 Å². The molecule has 1 aliphatic carbocycles. The molecule has 1 heteroatoms. The fourth-order valence-electron chi connectivity index (χ4n) is 3.21. The maximum atomic E-state index is 3.69. The molecule has 0 unspecified atom stereocenters. The molecule has 0 amide bonds. The Hall–Kier alpha value is -2.54. The van der Waals surface area contributed by atoms with Crippen LogP contribution in [-0.2, 0) is 0 Å². The average Bonchev–Trinajstić information content (AvgIpc) is 2.83. The molecule has 0 aliphatic heterocycles. The van der Waals surface area contributed by atoms with Gasteiger partial charge in [-0.25, -0.2) is 0 Å². The van der Waals surface area contributed by atoms with E-state index in [4.69, 9.17) is 0 Å². The summed E-state index contributed by atoms with van der Waals surface area (Å²) < 4.78 is 0. The van der Waals surface area contributed by atoms with E-state index in [1.807, 2.05) is 0 Å². The molecule has 1 nitrogen and oxygen atoms in total.